The van der Waals surface area contributed by atoms with Crippen molar-refractivity contribution < 1.29 is 0 Å². The molecule has 3 N–H and O–H groups in total. The van der Waals surface area contributed by atoms with Crippen molar-refractivity contribution in [3.8, 4) is 0 Å². The van der Waals surface area contributed by atoms with E-state index in [9.17, 15) is 0 Å². The summed E-state index contributed by atoms with van der Waals surface area (Å²) >= 11 is 0. The number of hydrogen-bond acceptors (Lipinski definition) is 5. The third kappa shape index (κ3) is 3.30. The third-order valence-corrected chi connectivity index (χ3v) is 4.18. The van der Waals surface area contributed by atoms with Crippen molar-refractivity contribution >= 4 is 17.5 Å². The number of piperidine rings is 1. The molecule has 0 atom stereocenters. The molecule has 1 fully saturated rings. The van der Waals surface area contributed by atoms with Crippen molar-refractivity contribution in [2.75, 3.05) is 29.0 Å². The average molecular weight is 297 g/mol. The maximum atomic E-state index is 5.75. The first-order valence-electron chi connectivity index (χ1n) is 7.80. The van der Waals surface area contributed by atoms with E-state index in [1.807, 2.05) is 13.0 Å². The van der Waals surface area contributed by atoms with Gasteiger partial charge in [-0.2, -0.15) is 4.98 Å². The standard InChI is InChI=1S/C17H23N5/c1-12-5-3-4-6-15(12)20-14-7-9-22(10-8-14)16-11-13(2)19-17(18)21-16/h3-6,11,14,20H,7-10H2,1-2H3,(H2,18,19,21). The van der Waals surface area contributed by atoms with Gasteiger partial charge in [-0.3, -0.25) is 0 Å². The fraction of sp³-hybridized carbons (Fsp3) is 0.412. The Hall–Kier alpha value is -2.30. The van der Waals surface area contributed by atoms with Gasteiger partial charge in [0.2, 0.25) is 5.95 Å². The van der Waals surface area contributed by atoms with Crippen LogP contribution in [0.15, 0.2) is 30.3 Å². The van der Waals surface area contributed by atoms with E-state index in [0.717, 1.165) is 37.4 Å². The quantitative estimate of drug-likeness (QED) is 0.912. The lowest BCUT2D eigenvalue weighted by Gasteiger charge is -2.34. The maximum Gasteiger partial charge on any atom is 0.222 e. The number of aromatic nitrogens is 2. The van der Waals surface area contributed by atoms with Crippen molar-refractivity contribution in [1.82, 2.24) is 9.97 Å². The van der Waals surface area contributed by atoms with E-state index in [2.05, 4.69) is 51.4 Å². The summed E-state index contributed by atoms with van der Waals surface area (Å²) in [5, 5.41) is 3.66. The van der Waals surface area contributed by atoms with Gasteiger partial charge in [0.15, 0.2) is 0 Å². The Kier molecular flexibility index (Phi) is 4.13. The first-order chi connectivity index (χ1) is 10.6. The minimum absolute atomic E-state index is 0.357. The normalized spacial score (nSPS) is 15.8. The van der Waals surface area contributed by atoms with Gasteiger partial charge in [-0.15, -0.1) is 0 Å². The third-order valence-electron chi connectivity index (χ3n) is 4.18. The number of aryl methyl sites for hydroxylation is 2. The number of nitrogens with zero attached hydrogens (tertiary/aromatic N) is 3. The molecule has 0 radical (unpaired) electrons. The van der Waals surface area contributed by atoms with Gasteiger partial charge in [0.25, 0.3) is 0 Å². The molecule has 3 rings (SSSR count). The molecule has 2 aromatic rings. The molecule has 2 heterocycles. The van der Waals surface area contributed by atoms with Gasteiger partial charge in [0.05, 0.1) is 0 Å². The van der Waals surface area contributed by atoms with Crippen LogP contribution in [-0.4, -0.2) is 29.1 Å². The summed E-state index contributed by atoms with van der Waals surface area (Å²) in [6.45, 7) is 6.07. The molecule has 5 nitrogen and oxygen atoms in total. The summed E-state index contributed by atoms with van der Waals surface area (Å²) in [6.07, 6.45) is 2.19. The molecule has 1 aliphatic heterocycles. The molecule has 1 saturated heterocycles. The highest BCUT2D eigenvalue weighted by Crippen LogP contribution is 2.23. The van der Waals surface area contributed by atoms with Crippen LogP contribution in [-0.2, 0) is 0 Å². The number of hydrogen-bond donors (Lipinski definition) is 2. The van der Waals surface area contributed by atoms with E-state index in [1.165, 1.54) is 11.3 Å². The number of anilines is 3. The number of para-hydroxylation sites is 1. The zero-order valence-corrected chi connectivity index (χ0v) is 13.2. The first-order valence-corrected chi connectivity index (χ1v) is 7.80. The molecular formula is C17H23N5. The lowest BCUT2D eigenvalue weighted by Crippen LogP contribution is -2.39. The van der Waals surface area contributed by atoms with Crippen LogP contribution in [0.3, 0.4) is 0 Å². The lowest BCUT2D eigenvalue weighted by atomic mass is 10.0. The minimum atomic E-state index is 0.357. The second-order valence-corrected chi connectivity index (χ2v) is 5.95. The zero-order chi connectivity index (χ0) is 15.5. The van der Waals surface area contributed by atoms with Crippen LogP contribution < -0.4 is 16.0 Å². The molecule has 1 aromatic carbocycles. The molecule has 0 bridgehead atoms. The second kappa shape index (κ2) is 6.22. The van der Waals surface area contributed by atoms with Crippen molar-refractivity contribution in [3.63, 3.8) is 0 Å². The maximum absolute atomic E-state index is 5.75. The predicted molar refractivity (Wildman–Crippen MR) is 91.2 cm³/mol. The van der Waals surface area contributed by atoms with Crippen LogP contribution in [0.2, 0.25) is 0 Å². The molecule has 0 amide bonds. The van der Waals surface area contributed by atoms with Crippen LogP contribution >= 0.6 is 0 Å². The smallest absolute Gasteiger partial charge is 0.222 e. The number of rotatable bonds is 3. The monoisotopic (exact) mass is 297 g/mol. The van der Waals surface area contributed by atoms with Crippen LogP contribution in [0.5, 0.6) is 0 Å². The Morgan fingerprint density at radius 1 is 1.14 bits per heavy atom. The van der Waals surface area contributed by atoms with E-state index in [0.29, 0.717) is 12.0 Å². The summed E-state index contributed by atoms with van der Waals surface area (Å²) in [6, 6.07) is 11.0. The molecule has 0 spiro atoms. The molecule has 0 unspecified atom stereocenters. The van der Waals surface area contributed by atoms with E-state index in [1.54, 1.807) is 0 Å². The van der Waals surface area contributed by atoms with Crippen molar-refractivity contribution in [1.29, 1.82) is 0 Å². The number of benzene rings is 1. The van der Waals surface area contributed by atoms with Crippen molar-refractivity contribution in [3.05, 3.63) is 41.6 Å². The Labute approximate surface area is 131 Å². The SMILES string of the molecule is Cc1cc(N2CCC(Nc3ccccc3C)CC2)nc(N)n1. The van der Waals surface area contributed by atoms with E-state index >= 15 is 0 Å². The van der Waals surface area contributed by atoms with Gasteiger partial charge in [-0.1, -0.05) is 18.2 Å². The topological polar surface area (TPSA) is 67.1 Å². The highest BCUT2D eigenvalue weighted by Gasteiger charge is 2.20. The average Bonchev–Trinajstić information content (AvgIpc) is 2.49. The number of nitrogens with one attached hydrogen (secondary N) is 1. The highest BCUT2D eigenvalue weighted by molar-refractivity contribution is 5.51. The van der Waals surface area contributed by atoms with Crippen LogP contribution in [0.1, 0.15) is 24.1 Å². The zero-order valence-electron chi connectivity index (χ0n) is 13.2. The number of nitrogens with two attached hydrogens (primary N) is 1. The summed E-state index contributed by atoms with van der Waals surface area (Å²) in [5.41, 5.74) is 9.20. The van der Waals surface area contributed by atoms with E-state index < -0.39 is 0 Å². The molecule has 1 aromatic heterocycles. The molecule has 0 aliphatic carbocycles. The summed E-state index contributed by atoms with van der Waals surface area (Å²) < 4.78 is 0. The molecule has 116 valence electrons. The predicted octanol–water partition coefficient (Wildman–Crippen LogP) is 2.76. The van der Waals surface area contributed by atoms with Gasteiger partial charge in [0.1, 0.15) is 5.82 Å². The minimum Gasteiger partial charge on any atom is -0.382 e. The van der Waals surface area contributed by atoms with Gasteiger partial charge >= 0.3 is 0 Å². The largest absolute Gasteiger partial charge is 0.382 e. The molecule has 5 heteroatoms. The van der Waals surface area contributed by atoms with Gasteiger partial charge < -0.3 is 16.0 Å². The highest BCUT2D eigenvalue weighted by atomic mass is 15.2. The fourth-order valence-corrected chi connectivity index (χ4v) is 2.94. The summed E-state index contributed by atoms with van der Waals surface area (Å²) in [7, 11) is 0. The van der Waals surface area contributed by atoms with E-state index in [4.69, 9.17) is 5.73 Å². The van der Waals surface area contributed by atoms with Gasteiger partial charge in [0, 0.05) is 36.6 Å². The summed E-state index contributed by atoms with van der Waals surface area (Å²) in [4.78, 5) is 10.8. The van der Waals surface area contributed by atoms with Crippen molar-refractivity contribution in [2.45, 2.75) is 32.7 Å². The van der Waals surface area contributed by atoms with E-state index in [-0.39, 0.29) is 0 Å². The summed E-state index contributed by atoms with van der Waals surface area (Å²) in [5.74, 6) is 1.30. The Morgan fingerprint density at radius 2 is 1.86 bits per heavy atom. The Balaban J connectivity index is 1.62. The van der Waals surface area contributed by atoms with Crippen LogP contribution in [0, 0.1) is 13.8 Å². The second-order valence-electron chi connectivity index (χ2n) is 5.95. The van der Waals surface area contributed by atoms with Gasteiger partial charge in [-0.25, -0.2) is 4.98 Å². The van der Waals surface area contributed by atoms with Crippen LogP contribution in [0.4, 0.5) is 17.5 Å². The molecule has 22 heavy (non-hydrogen) atoms. The van der Waals surface area contributed by atoms with Gasteiger partial charge in [-0.05, 0) is 38.3 Å². The molecule has 0 saturated carbocycles. The van der Waals surface area contributed by atoms with Crippen LogP contribution in [0.25, 0.3) is 0 Å². The first kappa shape index (κ1) is 14.6. The Bertz CT molecular complexity index is 627. The number of nitrogen functional groups attached to an aromatic ring is 1. The Morgan fingerprint density at radius 3 is 2.55 bits per heavy atom. The lowest BCUT2D eigenvalue weighted by molar-refractivity contribution is 0.523. The fourth-order valence-electron chi connectivity index (χ4n) is 2.94. The molecule has 1 aliphatic rings. The molecular weight excluding hydrogens is 274 g/mol. The van der Waals surface area contributed by atoms with Crippen molar-refractivity contribution in [2.24, 2.45) is 0 Å².